The van der Waals surface area contributed by atoms with E-state index in [0.29, 0.717) is 5.69 Å². The maximum absolute atomic E-state index is 11.4. The number of hydrogen-bond acceptors (Lipinski definition) is 3. The summed E-state index contributed by atoms with van der Waals surface area (Å²) in [5, 5.41) is 3.34. The molecule has 6 heteroatoms. The maximum atomic E-state index is 11.4. The monoisotopic (exact) mass is 211 g/mol. The summed E-state index contributed by atoms with van der Waals surface area (Å²) in [6.07, 6.45) is 0. The van der Waals surface area contributed by atoms with Crippen molar-refractivity contribution in [3.05, 3.63) is 34.7 Å². The predicted octanol–water partition coefficient (Wildman–Crippen LogP) is 2.42. The molecule has 1 aromatic carbocycles. The Hall–Kier alpha value is -1.52. The average molecular weight is 211 g/mol. The quantitative estimate of drug-likeness (QED) is 0.437. The normalized spacial score (nSPS) is 10.6. The van der Waals surface area contributed by atoms with Crippen LogP contribution in [-0.2, 0) is 9.84 Å². The van der Waals surface area contributed by atoms with Gasteiger partial charge in [0, 0.05) is 10.6 Å². The second kappa shape index (κ2) is 4.13. The summed E-state index contributed by atoms with van der Waals surface area (Å²) in [6.45, 7) is 1.58. The van der Waals surface area contributed by atoms with Crippen LogP contribution in [-0.4, -0.2) is 14.2 Å². The molecule has 0 unspecified atom stereocenters. The van der Waals surface area contributed by atoms with Crippen LogP contribution in [0.4, 0.5) is 5.69 Å². The lowest BCUT2D eigenvalue weighted by Gasteiger charge is -2.00. The highest BCUT2D eigenvalue weighted by atomic mass is 32.2. The van der Waals surface area contributed by atoms with Crippen molar-refractivity contribution in [3.63, 3.8) is 0 Å². The van der Waals surface area contributed by atoms with Gasteiger partial charge >= 0.3 is 0 Å². The number of hydrogen-bond donors (Lipinski definition) is 0. The first kappa shape index (κ1) is 10.6. The molecule has 0 fully saturated rings. The molecule has 0 atom stereocenters. The number of benzene rings is 1. The van der Waals surface area contributed by atoms with E-state index in [0.717, 1.165) is 0 Å². The zero-order valence-corrected chi connectivity index (χ0v) is 8.40. The van der Waals surface area contributed by atoms with Gasteiger partial charge in [0.25, 0.3) is 0 Å². The zero-order chi connectivity index (χ0) is 10.6. The standard InChI is InChI=1S/C8H9N3O2S/c1-2-14(12,13)8-5-3-7(4-6-8)10-11-9/h3-6H,2H2,1H3. The highest BCUT2D eigenvalue weighted by Crippen LogP contribution is 2.17. The number of rotatable bonds is 3. The topological polar surface area (TPSA) is 82.9 Å². The first-order chi connectivity index (χ1) is 6.60. The van der Waals surface area contributed by atoms with Gasteiger partial charge in [0.15, 0.2) is 9.84 Å². The van der Waals surface area contributed by atoms with Gasteiger partial charge in [0.1, 0.15) is 0 Å². The van der Waals surface area contributed by atoms with E-state index >= 15 is 0 Å². The van der Waals surface area contributed by atoms with E-state index in [1.54, 1.807) is 6.92 Å². The van der Waals surface area contributed by atoms with Gasteiger partial charge in [-0.3, -0.25) is 0 Å². The fraction of sp³-hybridized carbons (Fsp3) is 0.250. The lowest BCUT2D eigenvalue weighted by atomic mass is 10.3. The fourth-order valence-electron chi connectivity index (χ4n) is 0.938. The Morgan fingerprint density at radius 2 is 1.93 bits per heavy atom. The Bertz CT molecular complexity index is 458. The summed E-state index contributed by atoms with van der Waals surface area (Å²) in [5.74, 6) is 0.0634. The molecule has 0 spiro atoms. The van der Waals surface area contributed by atoms with Crippen LogP contribution in [0.25, 0.3) is 10.4 Å². The molecule has 1 aromatic rings. The molecule has 14 heavy (non-hydrogen) atoms. The van der Waals surface area contributed by atoms with Crippen LogP contribution in [0.5, 0.6) is 0 Å². The summed E-state index contributed by atoms with van der Waals surface area (Å²) in [6, 6.07) is 5.82. The molecule has 0 bridgehead atoms. The average Bonchev–Trinajstić information content (AvgIpc) is 2.19. The minimum Gasteiger partial charge on any atom is -0.224 e. The molecule has 0 aliphatic heterocycles. The largest absolute Gasteiger partial charge is 0.224 e. The molecule has 74 valence electrons. The molecular weight excluding hydrogens is 202 g/mol. The molecule has 0 radical (unpaired) electrons. The Balaban J connectivity index is 3.12. The fourth-order valence-corrected chi connectivity index (χ4v) is 1.82. The Morgan fingerprint density at radius 1 is 1.36 bits per heavy atom. The van der Waals surface area contributed by atoms with Crippen LogP contribution < -0.4 is 0 Å². The molecule has 5 nitrogen and oxygen atoms in total. The maximum Gasteiger partial charge on any atom is 0.178 e. The van der Waals surface area contributed by atoms with E-state index < -0.39 is 9.84 Å². The molecule has 0 saturated heterocycles. The summed E-state index contributed by atoms with van der Waals surface area (Å²) < 4.78 is 22.7. The van der Waals surface area contributed by atoms with Crippen molar-refractivity contribution in [1.82, 2.24) is 0 Å². The van der Waals surface area contributed by atoms with E-state index in [1.165, 1.54) is 24.3 Å². The van der Waals surface area contributed by atoms with Gasteiger partial charge in [-0.25, -0.2) is 8.42 Å². The van der Waals surface area contributed by atoms with Gasteiger partial charge in [0.05, 0.1) is 10.6 Å². The minimum atomic E-state index is -3.16. The van der Waals surface area contributed by atoms with Gasteiger partial charge in [-0.2, -0.15) is 0 Å². The molecule has 0 N–H and O–H groups in total. The smallest absolute Gasteiger partial charge is 0.178 e. The molecular formula is C8H9N3O2S. The van der Waals surface area contributed by atoms with E-state index in [9.17, 15) is 8.42 Å². The first-order valence-electron chi connectivity index (χ1n) is 3.98. The lowest BCUT2D eigenvalue weighted by molar-refractivity contribution is 0.597. The van der Waals surface area contributed by atoms with Crippen LogP contribution >= 0.6 is 0 Å². The zero-order valence-electron chi connectivity index (χ0n) is 7.58. The van der Waals surface area contributed by atoms with Crippen LogP contribution in [0.1, 0.15) is 6.92 Å². The Kier molecular flexibility index (Phi) is 3.11. The van der Waals surface area contributed by atoms with E-state index in [-0.39, 0.29) is 10.6 Å². The van der Waals surface area contributed by atoms with Crippen molar-refractivity contribution in [2.45, 2.75) is 11.8 Å². The Morgan fingerprint density at radius 3 is 2.36 bits per heavy atom. The predicted molar refractivity (Wildman–Crippen MR) is 53.0 cm³/mol. The summed E-state index contributed by atoms with van der Waals surface area (Å²) in [7, 11) is -3.16. The van der Waals surface area contributed by atoms with Crippen molar-refractivity contribution in [3.8, 4) is 0 Å². The van der Waals surface area contributed by atoms with Gasteiger partial charge in [0.2, 0.25) is 0 Å². The molecule has 0 aliphatic rings. The van der Waals surface area contributed by atoms with Crippen LogP contribution in [0.2, 0.25) is 0 Å². The second-order valence-corrected chi connectivity index (χ2v) is 4.87. The summed E-state index contributed by atoms with van der Waals surface area (Å²) in [4.78, 5) is 2.84. The number of nitrogens with zero attached hydrogens (tertiary/aromatic N) is 3. The van der Waals surface area contributed by atoms with Gasteiger partial charge in [-0.05, 0) is 17.7 Å². The third-order valence-electron chi connectivity index (χ3n) is 1.74. The third kappa shape index (κ3) is 2.25. The van der Waals surface area contributed by atoms with Crippen LogP contribution in [0.3, 0.4) is 0 Å². The van der Waals surface area contributed by atoms with E-state index in [2.05, 4.69) is 10.0 Å². The lowest BCUT2D eigenvalue weighted by Crippen LogP contribution is -2.02. The van der Waals surface area contributed by atoms with E-state index in [4.69, 9.17) is 5.53 Å². The highest BCUT2D eigenvalue weighted by molar-refractivity contribution is 7.91. The highest BCUT2D eigenvalue weighted by Gasteiger charge is 2.09. The third-order valence-corrected chi connectivity index (χ3v) is 3.49. The number of sulfone groups is 1. The minimum absolute atomic E-state index is 0.0634. The molecule has 0 heterocycles. The van der Waals surface area contributed by atoms with Crippen molar-refractivity contribution in [1.29, 1.82) is 0 Å². The molecule has 0 aromatic heterocycles. The Labute approximate surface area is 81.9 Å². The van der Waals surface area contributed by atoms with Crippen LogP contribution in [0, 0.1) is 0 Å². The molecule has 0 saturated carbocycles. The van der Waals surface area contributed by atoms with Gasteiger partial charge in [-0.15, -0.1) is 0 Å². The van der Waals surface area contributed by atoms with E-state index in [1.807, 2.05) is 0 Å². The molecule has 0 amide bonds. The van der Waals surface area contributed by atoms with Crippen molar-refractivity contribution in [2.75, 3.05) is 5.75 Å². The van der Waals surface area contributed by atoms with Gasteiger partial charge in [-0.1, -0.05) is 24.2 Å². The summed E-state index contributed by atoms with van der Waals surface area (Å²) in [5.41, 5.74) is 8.54. The second-order valence-electron chi connectivity index (χ2n) is 2.59. The van der Waals surface area contributed by atoms with Gasteiger partial charge < -0.3 is 0 Å². The van der Waals surface area contributed by atoms with Crippen LogP contribution in [0.15, 0.2) is 34.3 Å². The van der Waals surface area contributed by atoms with Crippen molar-refractivity contribution in [2.24, 2.45) is 5.11 Å². The number of azide groups is 1. The molecule has 0 aliphatic carbocycles. The first-order valence-corrected chi connectivity index (χ1v) is 5.63. The SMILES string of the molecule is CCS(=O)(=O)c1ccc(N=[N+]=[N-])cc1. The summed E-state index contributed by atoms with van der Waals surface area (Å²) >= 11 is 0. The van der Waals surface area contributed by atoms with Crippen molar-refractivity contribution >= 4 is 15.5 Å². The van der Waals surface area contributed by atoms with Crippen molar-refractivity contribution < 1.29 is 8.42 Å². The molecule has 1 rings (SSSR count).